The molecule has 1 aromatic carbocycles. The molecule has 0 aliphatic carbocycles. The molecule has 20 heavy (non-hydrogen) atoms. The van der Waals surface area contributed by atoms with Crippen LogP contribution in [0.1, 0.15) is 31.1 Å². The number of nitrogens with two attached hydrogens (primary N) is 1. The summed E-state index contributed by atoms with van der Waals surface area (Å²) >= 11 is 0. The number of rotatable bonds is 6. The molecule has 0 bridgehead atoms. The highest BCUT2D eigenvalue weighted by Crippen LogP contribution is 2.13. The Kier molecular flexibility index (Phi) is 7.24. The van der Waals surface area contributed by atoms with Gasteiger partial charge in [-0.1, -0.05) is 12.1 Å². The van der Waals surface area contributed by atoms with Crippen LogP contribution in [-0.4, -0.2) is 30.4 Å². The first-order valence-corrected chi connectivity index (χ1v) is 6.09. The SMILES string of the molecule is CC(=O)c1cccc(OCC(=O)NC(C)(C)CN)c1.Cl. The van der Waals surface area contributed by atoms with E-state index >= 15 is 0 Å². The highest BCUT2D eigenvalue weighted by atomic mass is 35.5. The maximum Gasteiger partial charge on any atom is 0.258 e. The van der Waals surface area contributed by atoms with Gasteiger partial charge in [0.25, 0.3) is 5.91 Å². The Labute approximate surface area is 125 Å². The van der Waals surface area contributed by atoms with E-state index in [1.807, 2.05) is 13.8 Å². The van der Waals surface area contributed by atoms with E-state index in [1.54, 1.807) is 24.3 Å². The molecule has 0 atom stereocenters. The summed E-state index contributed by atoms with van der Waals surface area (Å²) in [6.07, 6.45) is 0. The molecule has 112 valence electrons. The molecule has 1 amide bonds. The summed E-state index contributed by atoms with van der Waals surface area (Å²) in [5.41, 5.74) is 5.62. The van der Waals surface area contributed by atoms with E-state index in [0.717, 1.165) is 0 Å². The molecule has 0 aliphatic heterocycles. The number of carbonyl (C=O) groups is 2. The van der Waals surface area contributed by atoms with E-state index in [4.69, 9.17) is 10.5 Å². The third kappa shape index (κ3) is 6.04. The van der Waals surface area contributed by atoms with Crippen molar-refractivity contribution in [1.82, 2.24) is 5.32 Å². The zero-order valence-corrected chi connectivity index (χ0v) is 12.8. The van der Waals surface area contributed by atoms with Crippen molar-refractivity contribution >= 4 is 24.1 Å². The van der Waals surface area contributed by atoms with E-state index in [-0.39, 0.29) is 30.7 Å². The molecule has 0 radical (unpaired) electrons. The van der Waals surface area contributed by atoms with E-state index in [2.05, 4.69) is 5.32 Å². The summed E-state index contributed by atoms with van der Waals surface area (Å²) in [7, 11) is 0. The molecule has 1 rings (SSSR count). The van der Waals surface area contributed by atoms with Crippen LogP contribution < -0.4 is 15.8 Å². The van der Waals surface area contributed by atoms with Gasteiger partial charge < -0.3 is 15.8 Å². The predicted octanol–water partition coefficient (Wildman–Crippen LogP) is 1.54. The van der Waals surface area contributed by atoms with Crippen LogP contribution >= 0.6 is 12.4 Å². The number of carbonyl (C=O) groups excluding carboxylic acids is 2. The van der Waals surface area contributed by atoms with Crippen LogP contribution in [0, 0.1) is 0 Å². The van der Waals surface area contributed by atoms with Gasteiger partial charge in [0.1, 0.15) is 5.75 Å². The third-order valence-electron chi connectivity index (χ3n) is 2.60. The molecule has 0 spiro atoms. The molecule has 0 aliphatic rings. The lowest BCUT2D eigenvalue weighted by atomic mass is 10.1. The van der Waals surface area contributed by atoms with Crippen molar-refractivity contribution in [2.75, 3.05) is 13.2 Å². The van der Waals surface area contributed by atoms with E-state index < -0.39 is 5.54 Å². The van der Waals surface area contributed by atoms with Crippen LogP contribution in [0.3, 0.4) is 0 Å². The number of Topliss-reactive ketones (excluding diaryl/α,β-unsaturated/α-hetero) is 1. The van der Waals surface area contributed by atoms with Crippen molar-refractivity contribution in [3.8, 4) is 5.75 Å². The predicted molar refractivity (Wildman–Crippen MR) is 80.5 cm³/mol. The average molecular weight is 301 g/mol. The quantitative estimate of drug-likeness (QED) is 0.781. The van der Waals surface area contributed by atoms with Crippen LogP contribution in [-0.2, 0) is 4.79 Å². The highest BCUT2D eigenvalue weighted by molar-refractivity contribution is 5.94. The first-order chi connectivity index (χ1) is 8.84. The second-order valence-electron chi connectivity index (χ2n) is 5.01. The van der Waals surface area contributed by atoms with Gasteiger partial charge in [-0.25, -0.2) is 0 Å². The topological polar surface area (TPSA) is 81.4 Å². The summed E-state index contributed by atoms with van der Waals surface area (Å²) in [6, 6.07) is 6.73. The Bertz CT molecular complexity index is 475. The number of ether oxygens (including phenoxy) is 1. The van der Waals surface area contributed by atoms with Gasteiger partial charge in [0.05, 0.1) is 0 Å². The molecule has 0 aromatic heterocycles. The minimum Gasteiger partial charge on any atom is -0.484 e. The maximum atomic E-state index is 11.7. The zero-order valence-electron chi connectivity index (χ0n) is 11.9. The minimum absolute atomic E-state index is 0. The van der Waals surface area contributed by atoms with Crippen LogP contribution in [0.5, 0.6) is 5.75 Å². The van der Waals surface area contributed by atoms with Gasteiger partial charge in [0.15, 0.2) is 12.4 Å². The average Bonchev–Trinajstić information content (AvgIpc) is 2.36. The number of nitrogens with one attached hydrogen (secondary N) is 1. The summed E-state index contributed by atoms with van der Waals surface area (Å²) in [6.45, 7) is 5.39. The standard InChI is InChI=1S/C14H20N2O3.ClH/c1-10(17)11-5-4-6-12(7-11)19-8-13(18)16-14(2,3)9-15;/h4-7H,8-9,15H2,1-3H3,(H,16,18);1H. The van der Waals surface area contributed by atoms with Gasteiger partial charge in [-0.05, 0) is 32.9 Å². The van der Waals surface area contributed by atoms with Gasteiger partial charge in [-0.15, -0.1) is 12.4 Å². The van der Waals surface area contributed by atoms with Crippen molar-refractivity contribution in [2.45, 2.75) is 26.3 Å². The fourth-order valence-electron chi connectivity index (χ4n) is 1.42. The summed E-state index contributed by atoms with van der Waals surface area (Å²) < 4.78 is 5.34. The van der Waals surface area contributed by atoms with Gasteiger partial charge >= 0.3 is 0 Å². The zero-order chi connectivity index (χ0) is 14.5. The smallest absolute Gasteiger partial charge is 0.258 e. The van der Waals surface area contributed by atoms with Gasteiger partial charge in [-0.2, -0.15) is 0 Å². The van der Waals surface area contributed by atoms with Crippen LogP contribution in [0.2, 0.25) is 0 Å². The lowest BCUT2D eigenvalue weighted by molar-refractivity contribution is -0.124. The summed E-state index contributed by atoms with van der Waals surface area (Å²) in [4.78, 5) is 22.9. The molecule has 0 saturated heterocycles. The molecule has 3 N–H and O–H groups in total. The number of amides is 1. The largest absolute Gasteiger partial charge is 0.484 e. The van der Waals surface area contributed by atoms with Gasteiger partial charge in [-0.3, -0.25) is 9.59 Å². The molecular weight excluding hydrogens is 280 g/mol. The van der Waals surface area contributed by atoms with Crippen molar-refractivity contribution in [3.05, 3.63) is 29.8 Å². The van der Waals surface area contributed by atoms with Gasteiger partial charge in [0.2, 0.25) is 0 Å². The highest BCUT2D eigenvalue weighted by Gasteiger charge is 2.18. The Hall–Kier alpha value is -1.59. The monoisotopic (exact) mass is 300 g/mol. The van der Waals surface area contributed by atoms with Crippen LogP contribution in [0.25, 0.3) is 0 Å². The second kappa shape index (κ2) is 7.87. The molecule has 0 fully saturated rings. The van der Waals surface area contributed by atoms with Gasteiger partial charge in [0, 0.05) is 17.6 Å². The van der Waals surface area contributed by atoms with Crippen LogP contribution in [0.15, 0.2) is 24.3 Å². The maximum absolute atomic E-state index is 11.7. The van der Waals surface area contributed by atoms with E-state index in [0.29, 0.717) is 17.9 Å². The number of hydrogen-bond acceptors (Lipinski definition) is 4. The Morgan fingerprint density at radius 2 is 2.00 bits per heavy atom. The fraction of sp³-hybridized carbons (Fsp3) is 0.429. The first-order valence-electron chi connectivity index (χ1n) is 6.09. The fourth-order valence-corrected chi connectivity index (χ4v) is 1.42. The van der Waals surface area contributed by atoms with E-state index in [9.17, 15) is 9.59 Å². The minimum atomic E-state index is -0.457. The molecule has 6 heteroatoms. The third-order valence-corrected chi connectivity index (χ3v) is 2.60. The first kappa shape index (κ1) is 18.4. The molecular formula is C14H21ClN2O3. The van der Waals surface area contributed by atoms with Crippen molar-refractivity contribution in [2.24, 2.45) is 5.73 Å². The number of halogens is 1. The molecule has 5 nitrogen and oxygen atoms in total. The Morgan fingerprint density at radius 3 is 2.55 bits per heavy atom. The Morgan fingerprint density at radius 1 is 1.35 bits per heavy atom. The molecule has 1 aromatic rings. The molecule has 0 heterocycles. The second-order valence-corrected chi connectivity index (χ2v) is 5.01. The van der Waals surface area contributed by atoms with Crippen molar-refractivity contribution < 1.29 is 14.3 Å². The van der Waals surface area contributed by atoms with Crippen molar-refractivity contribution in [1.29, 1.82) is 0 Å². The number of hydrogen-bond donors (Lipinski definition) is 2. The summed E-state index contributed by atoms with van der Waals surface area (Å²) in [5, 5.41) is 2.76. The number of ketones is 1. The van der Waals surface area contributed by atoms with E-state index in [1.165, 1.54) is 6.92 Å². The lowest BCUT2D eigenvalue weighted by Gasteiger charge is -2.24. The normalized spacial score (nSPS) is 10.4. The van der Waals surface area contributed by atoms with Crippen LogP contribution in [0.4, 0.5) is 0 Å². The molecule has 0 unspecified atom stereocenters. The van der Waals surface area contributed by atoms with Crippen molar-refractivity contribution in [3.63, 3.8) is 0 Å². The molecule has 0 saturated carbocycles. The Balaban J connectivity index is 0.00000361. The summed E-state index contributed by atoms with van der Waals surface area (Å²) in [5.74, 6) is 0.205. The lowest BCUT2D eigenvalue weighted by Crippen LogP contribution is -2.50. The number of benzene rings is 1.